The molecule has 0 atom stereocenters. The van der Waals surface area contributed by atoms with Crippen molar-refractivity contribution < 1.29 is 19.1 Å². The van der Waals surface area contributed by atoms with Gasteiger partial charge in [-0.1, -0.05) is 18.7 Å². The van der Waals surface area contributed by atoms with Crippen molar-refractivity contribution in [3.05, 3.63) is 54.9 Å². The fraction of sp³-hybridized carbons (Fsp3) is 0.250. The summed E-state index contributed by atoms with van der Waals surface area (Å²) in [5.41, 5.74) is 5.93. The van der Waals surface area contributed by atoms with Crippen LogP contribution in [0.2, 0.25) is 0 Å². The zero-order valence-electron chi connectivity index (χ0n) is 12.7. The molecule has 23 heavy (non-hydrogen) atoms. The molecular weight excluding hydrogens is 298 g/mol. The molecule has 1 aromatic rings. The molecule has 0 aromatic carbocycles. The second-order valence-electron chi connectivity index (χ2n) is 4.55. The second-order valence-corrected chi connectivity index (χ2v) is 4.55. The summed E-state index contributed by atoms with van der Waals surface area (Å²) in [6.45, 7) is 3.48. The highest BCUT2D eigenvalue weighted by Gasteiger charge is 2.14. The van der Waals surface area contributed by atoms with Gasteiger partial charge < -0.3 is 15.4 Å². The number of carbonyl (C=O) groups is 3. The summed E-state index contributed by atoms with van der Waals surface area (Å²) in [7, 11) is 0. The molecule has 1 rings (SSSR count). The average molecular weight is 317 g/mol. The predicted octanol–water partition coefficient (Wildman–Crippen LogP) is 0.223. The highest BCUT2D eigenvalue weighted by Crippen LogP contribution is 1.99. The monoisotopic (exact) mass is 317 g/mol. The number of primary amides is 1. The molecule has 2 N–H and O–H groups in total. The number of aromatic nitrogens is 1. The molecule has 0 aliphatic rings. The molecule has 0 aliphatic carbocycles. The van der Waals surface area contributed by atoms with Crippen molar-refractivity contribution in [2.75, 3.05) is 19.7 Å². The molecule has 0 saturated heterocycles. The highest BCUT2D eigenvalue weighted by molar-refractivity contribution is 5.96. The van der Waals surface area contributed by atoms with Gasteiger partial charge in [0.1, 0.15) is 6.61 Å². The maximum atomic E-state index is 12.1. The minimum absolute atomic E-state index is 0.0576. The number of hydrogen-bond acceptors (Lipinski definition) is 5. The van der Waals surface area contributed by atoms with Crippen LogP contribution in [0.3, 0.4) is 0 Å². The zero-order chi connectivity index (χ0) is 17.1. The minimum atomic E-state index is -0.665. The van der Waals surface area contributed by atoms with Crippen LogP contribution in [-0.2, 0) is 25.5 Å². The summed E-state index contributed by atoms with van der Waals surface area (Å²) >= 11 is 0. The lowest BCUT2D eigenvalue weighted by atomic mass is 10.2. The van der Waals surface area contributed by atoms with Crippen molar-refractivity contribution in [2.45, 2.75) is 6.42 Å². The first-order valence-corrected chi connectivity index (χ1v) is 6.95. The molecule has 0 aliphatic heterocycles. The Morgan fingerprint density at radius 3 is 2.70 bits per heavy atom. The van der Waals surface area contributed by atoms with Crippen molar-refractivity contribution in [3.63, 3.8) is 0 Å². The SMILES string of the molecule is C=CCOC(=O)/C=C\C(=O)N(CCc1ccccn1)CC(N)=O. The Morgan fingerprint density at radius 2 is 2.09 bits per heavy atom. The molecule has 1 heterocycles. The van der Waals surface area contributed by atoms with Gasteiger partial charge in [0.05, 0.1) is 6.54 Å². The van der Waals surface area contributed by atoms with Gasteiger partial charge in [-0.3, -0.25) is 14.6 Å². The van der Waals surface area contributed by atoms with Crippen molar-refractivity contribution in [2.24, 2.45) is 5.73 Å². The van der Waals surface area contributed by atoms with Crippen LogP contribution in [0.1, 0.15) is 5.69 Å². The lowest BCUT2D eigenvalue weighted by molar-refractivity contribution is -0.137. The summed E-state index contributed by atoms with van der Waals surface area (Å²) < 4.78 is 4.72. The normalized spacial score (nSPS) is 10.3. The summed E-state index contributed by atoms with van der Waals surface area (Å²) in [6.07, 6.45) is 5.58. The number of amides is 2. The van der Waals surface area contributed by atoms with Gasteiger partial charge in [0, 0.05) is 37.0 Å². The van der Waals surface area contributed by atoms with Gasteiger partial charge in [0.2, 0.25) is 11.8 Å². The van der Waals surface area contributed by atoms with Gasteiger partial charge in [0.15, 0.2) is 0 Å². The number of hydrogen-bond donors (Lipinski definition) is 1. The van der Waals surface area contributed by atoms with E-state index in [1.807, 2.05) is 12.1 Å². The van der Waals surface area contributed by atoms with Crippen LogP contribution in [0.5, 0.6) is 0 Å². The molecule has 122 valence electrons. The number of carbonyl (C=O) groups excluding carboxylic acids is 3. The molecule has 1 aromatic heterocycles. The Hall–Kier alpha value is -2.96. The van der Waals surface area contributed by atoms with E-state index in [0.717, 1.165) is 17.8 Å². The topological polar surface area (TPSA) is 103 Å². The third-order valence-electron chi connectivity index (χ3n) is 2.73. The number of esters is 1. The lowest BCUT2D eigenvalue weighted by Gasteiger charge is -2.19. The number of rotatable bonds is 9. The Morgan fingerprint density at radius 1 is 1.30 bits per heavy atom. The highest BCUT2D eigenvalue weighted by atomic mass is 16.5. The molecular formula is C16H19N3O4. The third kappa shape index (κ3) is 7.56. The van der Waals surface area contributed by atoms with E-state index >= 15 is 0 Å². The first kappa shape index (κ1) is 18.1. The predicted molar refractivity (Wildman–Crippen MR) is 84.0 cm³/mol. The van der Waals surface area contributed by atoms with E-state index in [9.17, 15) is 14.4 Å². The van der Waals surface area contributed by atoms with Gasteiger partial charge in [-0.05, 0) is 12.1 Å². The van der Waals surface area contributed by atoms with E-state index < -0.39 is 17.8 Å². The second kappa shape index (κ2) is 9.88. The van der Waals surface area contributed by atoms with Crippen molar-refractivity contribution in [1.82, 2.24) is 9.88 Å². The van der Waals surface area contributed by atoms with E-state index in [4.69, 9.17) is 10.5 Å². The van der Waals surface area contributed by atoms with Crippen LogP contribution in [0.25, 0.3) is 0 Å². The quantitative estimate of drug-likeness (QED) is 0.399. The van der Waals surface area contributed by atoms with Gasteiger partial charge >= 0.3 is 5.97 Å². The van der Waals surface area contributed by atoms with E-state index in [-0.39, 0.29) is 19.7 Å². The molecule has 0 fully saturated rings. The molecule has 0 spiro atoms. The van der Waals surface area contributed by atoms with Crippen molar-refractivity contribution in [3.8, 4) is 0 Å². The van der Waals surface area contributed by atoms with E-state index in [0.29, 0.717) is 6.42 Å². The zero-order valence-corrected chi connectivity index (χ0v) is 12.7. The van der Waals surface area contributed by atoms with Gasteiger partial charge in [-0.15, -0.1) is 0 Å². The maximum absolute atomic E-state index is 12.1. The largest absolute Gasteiger partial charge is 0.458 e. The summed E-state index contributed by atoms with van der Waals surface area (Å²) in [4.78, 5) is 39.8. The number of ether oxygens (including phenoxy) is 1. The van der Waals surface area contributed by atoms with Gasteiger partial charge in [0.25, 0.3) is 0 Å². The molecule has 0 bridgehead atoms. The molecule has 0 unspecified atom stereocenters. The van der Waals surface area contributed by atoms with Crippen molar-refractivity contribution >= 4 is 17.8 Å². The average Bonchev–Trinajstić information content (AvgIpc) is 2.55. The van der Waals surface area contributed by atoms with Crippen LogP contribution < -0.4 is 5.73 Å². The van der Waals surface area contributed by atoms with Crippen LogP contribution in [-0.4, -0.2) is 47.4 Å². The third-order valence-corrected chi connectivity index (χ3v) is 2.73. The van der Waals surface area contributed by atoms with E-state index in [1.54, 1.807) is 12.3 Å². The molecule has 0 radical (unpaired) electrons. The Labute approximate surface area is 134 Å². The number of nitrogens with two attached hydrogens (primary N) is 1. The lowest BCUT2D eigenvalue weighted by Crippen LogP contribution is -2.39. The Balaban J connectivity index is 2.63. The van der Waals surface area contributed by atoms with E-state index in [1.165, 1.54) is 11.0 Å². The summed E-state index contributed by atoms with van der Waals surface area (Å²) in [5, 5.41) is 0. The summed E-state index contributed by atoms with van der Waals surface area (Å²) in [6, 6.07) is 5.43. The molecule has 7 nitrogen and oxygen atoms in total. The smallest absolute Gasteiger partial charge is 0.331 e. The minimum Gasteiger partial charge on any atom is -0.458 e. The van der Waals surface area contributed by atoms with Crippen LogP contribution >= 0.6 is 0 Å². The molecule has 0 saturated carbocycles. The van der Waals surface area contributed by atoms with Gasteiger partial charge in [-0.2, -0.15) is 0 Å². The van der Waals surface area contributed by atoms with Gasteiger partial charge in [-0.25, -0.2) is 4.79 Å². The van der Waals surface area contributed by atoms with Crippen LogP contribution in [0.15, 0.2) is 49.2 Å². The fourth-order valence-corrected chi connectivity index (χ4v) is 1.68. The molecule has 7 heteroatoms. The first-order chi connectivity index (χ1) is 11.0. The standard InChI is InChI=1S/C16H19N3O4/c1-2-11-23-16(22)7-6-15(21)19(12-14(17)20)10-8-13-5-3-4-9-18-13/h2-7,9H,1,8,10-12H2,(H2,17,20)/b7-6-. The van der Waals surface area contributed by atoms with Crippen molar-refractivity contribution in [1.29, 1.82) is 0 Å². The van der Waals surface area contributed by atoms with Crippen LogP contribution in [0.4, 0.5) is 0 Å². The van der Waals surface area contributed by atoms with Crippen LogP contribution in [0, 0.1) is 0 Å². The number of nitrogens with zero attached hydrogens (tertiary/aromatic N) is 2. The Bertz CT molecular complexity index is 584. The first-order valence-electron chi connectivity index (χ1n) is 6.95. The summed E-state index contributed by atoms with van der Waals surface area (Å²) in [5.74, 6) is -1.81. The van der Waals surface area contributed by atoms with E-state index in [2.05, 4.69) is 11.6 Å². The Kier molecular flexibility index (Phi) is 7.77. The maximum Gasteiger partial charge on any atom is 0.331 e. The fourth-order valence-electron chi connectivity index (χ4n) is 1.68. The number of pyridine rings is 1. The molecule has 2 amide bonds.